The van der Waals surface area contributed by atoms with Gasteiger partial charge in [-0.2, -0.15) is 4.98 Å². The van der Waals surface area contributed by atoms with E-state index in [9.17, 15) is 4.79 Å². The molecule has 0 aliphatic carbocycles. The van der Waals surface area contributed by atoms with E-state index in [4.69, 9.17) is 10.5 Å². The van der Waals surface area contributed by atoms with Crippen molar-refractivity contribution >= 4 is 23.5 Å². The number of hydrogen-bond donors (Lipinski definition) is 4. The lowest BCUT2D eigenvalue weighted by Crippen LogP contribution is -2.22. The molecule has 1 heterocycles. The minimum Gasteiger partial charge on any atom is -0.497 e. The van der Waals surface area contributed by atoms with Gasteiger partial charge in [0.1, 0.15) is 11.6 Å². The van der Waals surface area contributed by atoms with E-state index < -0.39 is 6.03 Å². The van der Waals surface area contributed by atoms with Crippen LogP contribution in [0, 0.1) is 6.92 Å². The van der Waals surface area contributed by atoms with Crippen molar-refractivity contribution in [3.05, 3.63) is 36.0 Å². The molecule has 0 atom stereocenters. The number of rotatable bonds is 6. The van der Waals surface area contributed by atoms with Crippen LogP contribution in [0.15, 0.2) is 30.3 Å². The molecule has 1 aromatic carbocycles. The van der Waals surface area contributed by atoms with E-state index in [0.717, 1.165) is 5.69 Å². The Morgan fingerprint density at radius 2 is 2.09 bits per heavy atom. The minimum atomic E-state index is -0.436. The normalized spacial score (nSPS) is 10.0. The first-order chi connectivity index (χ1) is 11.1. The number of hydrogen-bond acceptors (Lipinski definition) is 6. The quantitative estimate of drug-likeness (QED) is 0.646. The highest BCUT2D eigenvalue weighted by atomic mass is 16.5. The number of benzene rings is 1. The van der Waals surface area contributed by atoms with Crippen LogP contribution in [0.3, 0.4) is 0 Å². The smallest absolute Gasteiger partial charge is 0.326 e. The topological polar surface area (TPSA) is 114 Å². The summed E-state index contributed by atoms with van der Waals surface area (Å²) >= 11 is 0. The summed E-state index contributed by atoms with van der Waals surface area (Å²) in [4.78, 5) is 20.4. The third-order valence-corrected chi connectivity index (χ3v) is 2.86. The number of urea groups is 1. The second kappa shape index (κ2) is 7.95. The second-order valence-electron chi connectivity index (χ2n) is 4.74. The van der Waals surface area contributed by atoms with Gasteiger partial charge in [-0.05, 0) is 19.1 Å². The van der Waals surface area contributed by atoms with Gasteiger partial charge in [-0.3, -0.25) is 5.32 Å². The van der Waals surface area contributed by atoms with E-state index in [1.807, 2.05) is 6.92 Å². The molecule has 8 nitrogen and oxygen atoms in total. The molecule has 8 heteroatoms. The molecule has 5 N–H and O–H groups in total. The maximum absolute atomic E-state index is 12.0. The van der Waals surface area contributed by atoms with Gasteiger partial charge in [0.05, 0.1) is 7.11 Å². The van der Waals surface area contributed by atoms with Gasteiger partial charge in [-0.25, -0.2) is 9.78 Å². The number of nitrogens with one attached hydrogen (secondary N) is 3. The number of aryl methyl sites for hydroxylation is 1. The number of nitrogens with two attached hydrogens (primary N) is 1. The van der Waals surface area contributed by atoms with Gasteiger partial charge in [0.2, 0.25) is 5.95 Å². The summed E-state index contributed by atoms with van der Waals surface area (Å²) in [6.45, 7) is 2.90. The van der Waals surface area contributed by atoms with Crippen molar-refractivity contribution in [2.45, 2.75) is 6.92 Å². The maximum Gasteiger partial charge on any atom is 0.326 e. The van der Waals surface area contributed by atoms with Gasteiger partial charge < -0.3 is 21.1 Å². The van der Waals surface area contributed by atoms with Crippen molar-refractivity contribution in [2.75, 3.05) is 36.1 Å². The van der Waals surface area contributed by atoms with Crippen LogP contribution in [0.4, 0.5) is 22.2 Å². The average Bonchev–Trinajstić information content (AvgIpc) is 2.52. The number of methoxy groups -OCH3 is 1. The zero-order chi connectivity index (χ0) is 16.7. The van der Waals surface area contributed by atoms with E-state index in [-0.39, 0.29) is 5.95 Å². The van der Waals surface area contributed by atoms with Crippen LogP contribution >= 0.6 is 0 Å². The van der Waals surface area contributed by atoms with E-state index >= 15 is 0 Å². The third kappa shape index (κ3) is 5.11. The molecule has 0 aliphatic rings. The second-order valence-corrected chi connectivity index (χ2v) is 4.74. The zero-order valence-electron chi connectivity index (χ0n) is 13.1. The predicted octanol–water partition coefficient (Wildman–Crippen LogP) is 1.81. The van der Waals surface area contributed by atoms with E-state index in [2.05, 4.69) is 25.9 Å². The molecule has 0 spiro atoms. The molecule has 0 fully saturated rings. The van der Waals surface area contributed by atoms with Crippen LogP contribution in [0.1, 0.15) is 5.69 Å². The molecule has 2 aromatic rings. The summed E-state index contributed by atoms with van der Waals surface area (Å²) < 4.78 is 5.11. The Morgan fingerprint density at radius 1 is 1.26 bits per heavy atom. The maximum atomic E-state index is 12.0. The van der Waals surface area contributed by atoms with Crippen LogP contribution in [0.25, 0.3) is 0 Å². The summed E-state index contributed by atoms with van der Waals surface area (Å²) in [6, 6.07) is 8.39. The van der Waals surface area contributed by atoms with E-state index in [1.54, 1.807) is 37.4 Å². The lowest BCUT2D eigenvalue weighted by molar-refractivity contribution is 0.262. The van der Waals surface area contributed by atoms with Gasteiger partial charge in [0.25, 0.3) is 0 Å². The molecular formula is C15H20N6O2. The van der Waals surface area contributed by atoms with Crippen LogP contribution in [0.5, 0.6) is 5.75 Å². The molecule has 0 unspecified atom stereocenters. The Morgan fingerprint density at radius 3 is 2.83 bits per heavy atom. The summed E-state index contributed by atoms with van der Waals surface area (Å²) in [6.07, 6.45) is 0. The Labute approximate surface area is 134 Å². The fraction of sp³-hybridized carbons (Fsp3) is 0.267. The Balaban J connectivity index is 2.03. The fourth-order valence-corrected chi connectivity index (χ4v) is 1.88. The monoisotopic (exact) mass is 316 g/mol. The number of amides is 2. The predicted molar refractivity (Wildman–Crippen MR) is 89.9 cm³/mol. The number of aromatic nitrogens is 2. The lowest BCUT2D eigenvalue weighted by atomic mass is 10.3. The van der Waals surface area contributed by atoms with Crippen molar-refractivity contribution < 1.29 is 9.53 Å². The first kappa shape index (κ1) is 16.5. The lowest BCUT2D eigenvalue weighted by Gasteiger charge is -2.10. The highest BCUT2D eigenvalue weighted by Crippen LogP contribution is 2.17. The highest BCUT2D eigenvalue weighted by molar-refractivity contribution is 5.98. The highest BCUT2D eigenvalue weighted by Gasteiger charge is 2.07. The van der Waals surface area contributed by atoms with Gasteiger partial charge in [-0.1, -0.05) is 6.07 Å². The van der Waals surface area contributed by atoms with Crippen LogP contribution < -0.4 is 26.4 Å². The largest absolute Gasteiger partial charge is 0.497 e. The molecular weight excluding hydrogens is 296 g/mol. The third-order valence-electron chi connectivity index (χ3n) is 2.86. The summed E-state index contributed by atoms with van der Waals surface area (Å²) in [5, 5.41) is 8.35. The summed E-state index contributed by atoms with van der Waals surface area (Å²) in [5.74, 6) is 1.48. The van der Waals surface area contributed by atoms with Crippen molar-refractivity contribution in [3.8, 4) is 5.75 Å². The molecule has 2 amide bonds. The summed E-state index contributed by atoms with van der Waals surface area (Å²) in [7, 11) is 1.57. The number of anilines is 3. The van der Waals surface area contributed by atoms with E-state index in [1.165, 1.54) is 0 Å². The number of carbonyl (C=O) groups excluding carboxylic acids is 1. The molecule has 23 heavy (non-hydrogen) atoms. The Hall–Kier alpha value is -2.87. The van der Waals surface area contributed by atoms with E-state index in [0.29, 0.717) is 30.3 Å². The first-order valence-electron chi connectivity index (χ1n) is 7.12. The standard InChI is InChI=1S/C15H20N6O2/c1-10-8-13(17-7-6-16)20-14(18-10)21-15(22)19-11-4-3-5-12(9-11)23-2/h3-5,8-9H,6-7,16H2,1-2H3,(H3,17,18,19,20,21,22). The molecule has 0 saturated carbocycles. The molecule has 1 aromatic heterocycles. The fourth-order valence-electron chi connectivity index (χ4n) is 1.88. The number of carbonyl (C=O) groups is 1. The molecule has 0 radical (unpaired) electrons. The van der Waals surface area contributed by atoms with Crippen molar-refractivity contribution in [2.24, 2.45) is 5.73 Å². The molecule has 2 rings (SSSR count). The average molecular weight is 316 g/mol. The van der Waals surface area contributed by atoms with Crippen LogP contribution in [-0.4, -0.2) is 36.2 Å². The van der Waals surface area contributed by atoms with Crippen LogP contribution in [-0.2, 0) is 0 Å². The Bertz CT molecular complexity index is 677. The Kier molecular flexibility index (Phi) is 5.70. The van der Waals surface area contributed by atoms with Gasteiger partial charge in [0, 0.05) is 36.6 Å². The summed E-state index contributed by atoms with van der Waals surface area (Å²) in [5.41, 5.74) is 6.79. The zero-order valence-corrected chi connectivity index (χ0v) is 13.1. The van der Waals surface area contributed by atoms with Crippen molar-refractivity contribution in [3.63, 3.8) is 0 Å². The molecule has 122 valence electrons. The first-order valence-corrected chi connectivity index (χ1v) is 7.12. The molecule has 0 aliphatic heterocycles. The van der Waals surface area contributed by atoms with Gasteiger partial charge >= 0.3 is 6.03 Å². The van der Waals surface area contributed by atoms with Gasteiger partial charge in [-0.15, -0.1) is 0 Å². The van der Waals surface area contributed by atoms with Gasteiger partial charge in [0.15, 0.2) is 0 Å². The van der Waals surface area contributed by atoms with Crippen molar-refractivity contribution in [1.82, 2.24) is 9.97 Å². The SMILES string of the molecule is COc1cccc(NC(=O)Nc2nc(C)cc(NCCN)n2)c1. The van der Waals surface area contributed by atoms with Crippen molar-refractivity contribution in [1.29, 1.82) is 0 Å². The van der Waals surface area contributed by atoms with Crippen LogP contribution in [0.2, 0.25) is 0 Å². The molecule has 0 saturated heterocycles. The molecule has 0 bridgehead atoms. The minimum absolute atomic E-state index is 0.213. The number of nitrogens with zero attached hydrogens (tertiary/aromatic N) is 2. The number of ether oxygens (including phenoxy) is 1.